The Morgan fingerprint density at radius 3 is 0.625 bits per heavy atom. The van der Waals surface area contributed by atoms with Crippen molar-refractivity contribution < 1.29 is 0 Å². The molecule has 0 aliphatic heterocycles. The summed E-state index contributed by atoms with van der Waals surface area (Å²) in [4.78, 5) is 0. The molecule has 0 aromatic heterocycles. The Balaban J connectivity index is -0.0000000133. The van der Waals surface area contributed by atoms with Crippen LogP contribution in [0.15, 0.2) is 0 Å². The second kappa shape index (κ2) is 28100. The zero-order valence-electron chi connectivity index (χ0n) is 6.73. The molecular formula is C4H21N3Si. The molecule has 0 radical (unpaired) electrons. The lowest BCUT2D eigenvalue weighted by molar-refractivity contribution is 1.48. The molecule has 0 heterocycles. The summed E-state index contributed by atoms with van der Waals surface area (Å²) >= 11 is 0. The van der Waals surface area contributed by atoms with Crippen LogP contribution < -0.4 is 17.2 Å². The topological polar surface area (TPSA) is 78.1 Å². The van der Waals surface area contributed by atoms with Crippen molar-refractivity contribution in [3.63, 3.8) is 0 Å². The van der Waals surface area contributed by atoms with Gasteiger partial charge in [0.1, 0.15) is 0 Å². The molecule has 0 amide bonds. The standard InChI is InChI=1S/3CH5N.CH6Si/c4*1-2/h3*2H2,1H3;1-2H3. The molecule has 3 nitrogen and oxygen atoms in total. The zero-order valence-corrected chi connectivity index (χ0v) is 8.73. The van der Waals surface area contributed by atoms with Gasteiger partial charge in [-0.1, -0.05) is 6.55 Å². The van der Waals surface area contributed by atoms with E-state index >= 15 is 0 Å². The van der Waals surface area contributed by atoms with Gasteiger partial charge in [0.05, 0.1) is 0 Å². The van der Waals surface area contributed by atoms with E-state index in [2.05, 4.69) is 23.7 Å². The molecule has 0 atom stereocenters. The van der Waals surface area contributed by atoms with Crippen LogP contribution in [0.3, 0.4) is 0 Å². The molecule has 4 heteroatoms. The lowest BCUT2D eigenvalue weighted by atomic mass is 11.6. The molecular weight excluding hydrogens is 118 g/mol. The summed E-state index contributed by atoms with van der Waals surface area (Å²) in [6.45, 7) is 2.14. The minimum atomic E-state index is 1.31. The third-order valence-corrected chi connectivity index (χ3v) is 0. The minimum absolute atomic E-state index is 1.31. The summed E-state index contributed by atoms with van der Waals surface area (Å²) in [7, 11) is 5.81. The minimum Gasteiger partial charge on any atom is -0.333 e. The van der Waals surface area contributed by atoms with Crippen LogP contribution in [-0.2, 0) is 0 Å². The fourth-order valence-electron chi connectivity index (χ4n) is 0. The summed E-state index contributed by atoms with van der Waals surface area (Å²) in [6, 6.07) is 0. The van der Waals surface area contributed by atoms with Crippen LogP contribution in [0.5, 0.6) is 0 Å². The molecule has 0 aromatic rings. The second-order valence-corrected chi connectivity index (χ2v) is 0. The van der Waals surface area contributed by atoms with Gasteiger partial charge in [0.15, 0.2) is 0 Å². The van der Waals surface area contributed by atoms with Crippen LogP contribution in [0, 0.1) is 0 Å². The first-order valence-corrected chi connectivity index (χ1v) is 4.73. The van der Waals surface area contributed by atoms with Gasteiger partial charge < -0.3 is 17.2 Å². The molecule has 0 aromatic carbocycles. The van der Waals surface area contributed by atoms with Crippen molar-refractivity contribution >= 4 is 10.2 Å². The average molecular weight is 139 g/mol. The highest BCUT2D eigenvalue weighted by Crippen LogP contribution is 0.960. The summed E-state index contributed by atoms with van der Waals surface area (Å²) < 4.78 is 0. The van der Waals surface area contributed by atoms with Crippen molar-refractivity contribution in [1.82, 2.24) is 0 Å². The highest BCUT2D eigenvalue weighted by molar-refractivity contribution is 6.05. The first kappa shape index (κ1) is 24.3. The molecule has 0 spiro atoms. The third kappa shape index (κ3) is 16900. The summed E-state index contributed by atoms with van der Waals surface area (Å²) in [6.07, 6.45) is 0. The Hall–Kier alpha value is 0.0969. The maximum absolute atomic E-state index is 4.50. The lowest BCUT2D eigenvalue weighted by Gasteiger charge is -1.19. The van der Waals surface area contributed by atoms with E-state index in [1.807, 2.05) is 0 Å². The quantitative estimate of drug-likeness (QED) is 0.344. The van der Waals surface area contributed by atoms with E-state index in [1.165, 1.54) is 31.4 Å². The van der Waals surface area contributed by atoms with E-state index in [9.17, 15) is 0 Å². The molecule has 0 unspecified atom stereocenters. The van der Waals surface area contributed by atoms with Gasteiger partial charge in [0.25, 0.3) is 0 Å². The maximum atomic E-state index is 4.50. The Kier molecular flexibility index (Phi) is 85400. The number of hydrogen-bond acceptors (Lipinski definition) is 3. The normalized spacial score (nSPS) is 3.38. The van der Waals surface area contributed by atoms with Gasteiger partial charge in [-0.2, -0.15) is 0 Å². The largest absolute Gasteiger partial charge is 0.333 e. The summed E-state index contributed by atoms with van der Waals surface area (Å²) in [5.74, 6) is 0. The van der Waals surface area contributed by atoms with Crippen molar-refractivity contribution in [3.05, 3.63) is 0 Å². The van der Waals surface area contributed by atoms with Crippen molar-refractivity contribution in [1.29, 1.82) is 0 Å². The van der Waals surface area contributed by atoms with E-state index < -0.39 is 0 Å². The van der Waals surface area contributed by atoms with Gasteiger partial charge in [0.2, 0.25) is 0 Å². The van der Waals surface area contributed by atoms with Crippen LogP contribution >= 0.6 is 0 Å². The third-order valence-electron chi connectivity index (χ3n) is 0. The molecule has 0 fully saturated rings. The van der Waals surface area contributed by atoms with Crippen LogP contribution in [0.4, 0.5) is 0 Å². The second-order valence-electron chi connectivity index (χ2n) is 0. The zero-order chi connectivity index (χ0) is 8.00. The average Bonchev–Trinajstić information content (AvgIpc) is 2.03. The smallest absolute Gasteiger partial charge is 0.000585 e. The lowest BCUT2D eigenvalue weighted by Crippen LogP contribution is -1.69. The molecule has 0 aliphatic carbocycles. The summed E-state index contributed by atoms with van der Waals surface area (Å²) in [5, 5.41) is 0. The molecule has 0 saturated carbocycles. The van der Waals surface area contributed by atoms with Gasteiger partial charge in [-0.25, -0.2) is 0 Å². The van der Waals surface area contributed by atoms with Crippen molar-refractivity contribution in [3.8, 4) is 0 Å². The van der Waals surface area contributed by atoms with Crippen LogP contribution in [-0.4, -0.2) is 31.4 Å². The molecule has 8 heavy (non-hydrogen) atoms. The van der Waals surface area contributed by atoms with E-state index in [0.29, 0.717) is 0 Å². The molecule has 6 N–H and O–H groups in total. The molecule has 0 rings (SSSR count). The van der Waals surface area contributed by atoms with Gasteiger partial charge in [0, 0.05) is 0 Å². The van der Waals surface area contributed by atoms with Gasteiger partial charge in [-0.05, 0) is 31.4 Å². The van der Waals surface area contributed by atoms with Crippen LogP contribution in [0.2, 0.25) is 6.55 Å². The highest BCUT2D eigenvalue weighted by atomic mass is 28.1. The Bertz CT molecular complexity index is 11.2. The molecule has 56 valence electrons. The van der Waals surface area contributed by atoms with E-state index in [0.717, 1.165) is 0 Å². The number of nitrogens with two attached hydrogens (primary N) is 3. The number of rotatable bonds is 0. The number of hydrogen-bond donors (Lipinski definition) is 3. The monoisotopic (exact) mass is 139 g/mol. The predicted octanol–water partition coefficient (Wildman–Crippen LogP) is -1.88. The highest BCUT2D eigenvalue weighted by Gasteiger charge is 0.962. The van der Waals surface area contributed by atoms with Crippen molar-refractivity contribution in [2.75, 3.05) is 21.1 Å². The Morgan fingerprint density at radius 2 is 0.625 bits per heavy atom. The van der Waals surface area contributed by atoms with Gasteiger partial charge in [-0.3, -0.25) is 0 Å². The van der Waals surface area contributed by atoms with E-state index in [4.69, 9.17) is 0 Å². The predicted molar refractivity (Wildman–Crippen MR) is 46.1 cm³/mol. The Labute approximate surface area is 56.0 Å². The van der Waals surface area contributed by atoms with Crippen molar-refractivity contribution in [2.45, 2.75) is 6.55 Å². The SMILES string of the molecule is CN.CN.CN.C[SiH3]. The first-order chi connectivity index (χ1) is 4.00. The first-order valence-electron chi connectivity index (χ1n) is 2.73. The van der Waals surface area contributed by atoms with Crippen LogP contribution in [0.25, 0.3) is 0 Å². The maximum Gasteiger partial charge on any atom is -0.000585 e. The van der Waals surface area contributed by atoms with Crippen LogP contribution in [0.1, 0.15) is 0 Å². The molecule has 0 aliphatic rings. The summed E-state index contributed by atoms with van der Waals surface area (Å²) in [5.41, 5.74) is 13.5. The fourth-order valence-corrected chi connectivity index (χ4v) is 0. The van der Waals surface area contributed by atoms with E-state index in [1.54, 1.807) is 0 Å². The fraction of sp³-hybridized carbons (Fsp3) is 1.00. The molecule has 0 saturated heterocycles. The molecule has 0 bridgehead atoms. The van der Waals surface area contributed by atoms with Crippen molar-refractivity contribution in [2.24, 2.45) is 17.2 Å². The van der Waals surface area contributed by atoms with Gasteiger partial charge in [-0.15, -0.1) is 0 Å². The van der Waals surface area contributed by atoms with E-state index in [-0.39, 0.29) is 0 Å². The van der Waals surface area contributed by atoms with Gasteiger partial charge >= 0.3 is 0 Å². The Morgan fingerprint density at radius 1 is 0.625 bits per heavy atom.